The minimum absolute atomic E-state index is 0. The number of fused-ring (bicyclic) bond motifs is 1. The van der Waals surface area contributed by atoms with E-state index in [1.54, 1.807) is 31.4 Å². The van der Waals surface area contributed by atoms with Crippen LogP contribution in [0.4, 0.5) is 0 Å². The summed E-state index contributed by atoms with van der Waals surface area (Å²) in [6.45, 7) is 2.28. The van der Waals surface area contributed by atoms with Crippen LogP contribution in [0.3, 0.4) is 0 Å². The summed E-state index contributed by atoms with van der Waals surface area (Å²) in [5.74, 6) is 1.05. The van der Waals surface area contributed by atoms with Crippen LogP contribution in [0, 0.1) is 0 Å². The van der Waals surface area contributed by atoms with Crippen molar-refractivity contribution < 1.29 is 14.9 Å². The number of aromatic hydroxyl groups is 2. The van der Waals surface area contributed by atoms with E-state index < -0.39 is 0 Å². The predicted molar refractivity (Wildman–Crippen MR) is 145 cm³/mol. The van der Waals surface area contributed by atoms with Gasteiger partial charge in [-0.05, 0) is 89.6 Å². The lowest BCUT2D eigenvalue weighted by molar-refractivity contribution is 0.138. The van der Waals surface area contributed by atoms with Crippen molar-refractivity contribution in [3.63, 3.8) is 0 Å². The van der Waals surface area contributed by atoms with Gasteiger partial charge in [-0.1, -0.05) is 54.6 Å². The first-order chi connectivity index (χ1) is 16.5. The molecule has 4 nitrogen and oxygen atoms in total. The number of hydrogen-bond acceptors (Lipinski definition) is 4. The van der Waals surface area contributed by atoms with Crippen molar-refractivity contribution in [2.24, 2.45) is 0 Å². The Balaban J connectivity index is 0.00000289. The standard InChI is InChI=1S/C30H31NO3.ClH/c1-31-17-3-4-24(19-31)20-5-7-22(8-6-20)30(34-2)29-27(21-9-12-25(32)13-10-21)15-11-23-18-26(33)14-16-28(23)29;/h5-16,18,24,30,32-33H,3-4,17,19H2,1-2H3;1H. The third-order valence-electron chi connectivity index (χ3n) is 7.06. The molecule has 0 aromatic heterocycles. The van der Waals surface area contributed by atoms with E-state index in [2.05, 4.69) is 42.3 Å². The Bertz CT molecular complexity index is 1290. The maximum absolute atomic E-state index is 10.1. The highest BCUT2D eigenvalue weighted by atomic mass is 35.5. The molecule has 0 aliphatic carbocycles. The van der Waals surface area contributed by atoms with Gasteiger partial charge in [0.25, 0.3) is 0 Å². The highest BCUT2D eigenvalue weighted by Crippen LogP contribution is 2.40. The molecule has 4 aromatic rings. The molecular weight excluding hydrogens is 458 g/mol. The summed E-state index contributed by atoms with van der Waals surface area (Å²) in [5, 5.41) is 21.9. The van der Waals surface area contributed by atoms with Crippen molar-refractivity contribution in [1.29, 1.82) is 0 Å². The van der Waals surface area contributed by atoms with E-state index in [0.29, 0.717) is 5.92 Å². The fourth-order valence-electron chi connectivity index (χ4n) is 5.32. The highest BCUT2D eigenvalue weighted by molar-refractivity contribution is 5.93. The van der Waals surface area contributed by atoms with Crippen LogP contribution < -0.4 is 0 Å². The van der Waals surface area contributed by atoms with Gasteiger partial charge in [0.2, 0.25) is 0 Å². The highest BCUT2D eigenvalue weighted by Gasteiger charge is 2.23. The second kappa shape index (κ2) is 10.7. The quantitative estimate of drug-likeness (QED) is 0.320. The zero-order valence-corrected chi connectivity index (χ0v) is 21.0. The molecule has 1 aliphatic rings. The molecule has 1 aliphatic heterocycles. The lowest BCUT2D eigenvalue weighted by atomic mass is 9.86. The molecule has 2 atom stereocenters. The Morgan fingerprint density at radius 3 is 2.29 bits per heavy atom. The van der Waals surface area contributed by atoms with Crippen molar-refractivity contribution in [3.8, 4) is 22.6 Å². The molecule has 182 valence electrons. The fraction of sp³-hybridized carbons (Fsp3) is 0.267. The molecular formula is C30H32ClNO3. The van der Waals surface area contributed by atoms with Crippen molar-refractivity contribution in [1.82, 2.24) is 4.90 Å². The van der Waals surface area contributed by atoms with E-state index in [0.717, 1.165) is 39.6 Å². The summed E-state index contributed by atoms with van der Waals surface area (Å²) in [5.41, 5.74) is 5.58. The van der Waals surface area contributed by atoms with Gasteiger partial charge < -0.3 is 19.8 Å². The predicted octanol–water partition coefficient (Wildman–Crippen LogP) is 6.88. The molecule has 0 amide bonds. The number of likely N-dealkylation sites (tertiary alicyclic amines) is 1. The number of methoxy groups -OCH3 is 1. The fourth-order valence-corrected chi connectivity index (χ4v) is 5.32. The molecule has 0 bridgehead atoms. The van der Waals surface area contributed by atoms with Gasteiger partial charge in [-0.2, -0.15) is 0 Å². The molecule has 0 saturated carbocycles. The van der Waals surface area contributed by atoms with Crippen LogP contribution in [0.25, 0.3) is 21.9 Å². The number of benzene rings is 4. The zero-order valence-electron chi connectivity index (χ0n) is 20.1. The molecule has 1 fully saturated rings. The summed E-state index contributed by atoms with van der Waals surface area (Å²) in [6, 6.07) is 25.7. The Labute approximate surface area is 213 Å². The molecule has 2 N–H and O–H groups in total. The lowest BCUT2D eigenvalue weighted by Crippen LogP contribution is -2.30. The summed E-state index contributed by atoms with van der Waals surface area (Å²) < 4.78 is 6.13. The van der Waals surface area contributed by atoms with E-state index in [-0.39, 0.29) is 30.0 Å². The SMILES string of the molecule is COC(c1ccc(C2CCCN(C)C2)cc1)c1c(-c2ccc(O)cc2)ccc2cc(O)ccc12.Cl. The van der Waals surface area contributed by atoms with Crippen LogP contribution in [-0.4, -0.2) is 42.4 Å². The zero-order chi connectivity index (χ0) is 23.7. The maximum atomic E-state index is 10.1. The minimum Gasteiger partial charge on any atom is -0.508 e. The summed E-state index contributed by atoms with van der Waals surface area (Å²) in [4.78, 5) is 2.41. The van der Waals surface area contributed by atoms with Crippen LogP contribution in [0.2, 0.25) is 0 Å². The second-order valence-electron chi connectivity index (χ2n) is 9.36. The van der Waals surface area contributed by atoms with Gasteiger partial charge in [0.1, 0.15) is 17.6 Å². The number of piperidine rings is 1. The van der Waals surface area contributed by atoms with Crippen LogP contribution in [-0.2, 0) is 4.74 Å². The number of phenolic OH excluding ortho intramolecular Hbond substituents is 2. The van der Waals surface area contributed by atoms with Gasteiger partial charge in [-0.15, -0.1) is 12.4 Å². The first-order valence-electron chi connectivity index (χ1n) is 11.9. The van der Waals surface area contributed by atoms with Crippen LogP contribution in [0.15, 0.2) is 78.9 Å². The smallest absolute Gasteiger partial charge is 0.116 e. The second-order valence-corrected chi connectivity index (χ2v) is 9.36. The van der Waals surface area contributed by atoms with Gasteiger partial charge >= 0.3 is 0 Å². The molecule has 1 saturated heterocycles. The Hall–Kier alpha value is -3.05. The minimum atomic E-state index is -0.278. The summed E-state index contributed by atoms with van der Waals surface area (Å²) in [7, 11) is 3.94. The monoisotopic (exact) mass is 489 g/mol. The van der Waals surface area contributed by atoms with Crippen molar-refractivity contribution >= 4 is 23.2 Å². The Morgan fingerprint density at radius 1 is 0.886 bits per heavy atom. The van der Waals surface area contributed by atoms with E-state index in [9.17, 15) is 10.2 Å². The third kappa shape index (κ3) is 5.15. The molecule has 0 radical (unpaired) electrons. The van der Waals surface area contributed by atoms with Gasteiger partial charge in [0.15, 0.2) is 0 Å². The normalized spacial score (nSPS) is 17.1. The lowest BCUT2D eigenvalue weighted by Gasteiger charge is -2.30. The summed E-state index contributed by atoms with van der Waals surface area (Å²) >= 11 is 0. The molecule has 4 aromatic carbocycles. The topological polar surface area (TPSA) is 52.9 Å². The third-order valence-corrected chi connectivity index (χ3v) is 7.06. The molecule has 2 unspecified atom stereocenters. The van der Waals surface area contributed by atoms with Crippen LogP contribution in [0.1, 0.15) is 41.6 Å². The number of halogens is 1. The van der Waals surface area contributed by atoms with Crippen molar-refractivity contribution in [2.75, 3.05) is 27.2 Å². The first kappa shape index (κ1) is 25.1. The molecule has 0 spiro atoms. The largest absolute Gasteiger partial charge is 0.508 e. The van der Waals surface area contributed by atoms with Gasteiger partial charge in [0, 0.05) is 19.2 Å². The average molecular weight is 490 g/mol. The van der Waals surface area contributed by atoms with Crippen molar-refractivity contribution in [2.45, 2.75) is 24.9 Å². The molecule has 1 heterocycles. The van der Waals surface area contributed by atoms with Gasteiger partial charge in [-0.25, -0.2) is 0 Å². The number of ether oxygens (including phenoxy) is 1. The number of hydrogen-bond donors (Lipinski definition) is 2. The maximum Gasteiger partial charge on any atom is 0.116 e. The van der Waals surface area contributed by atoms with E-state index in [1.807, 2.05) is 24.3 Å². The van der Waals surface area contributed by atoms with E-state index in [4.69, 9.17) is 4.74 Å². The van der Waals surface area contributed by atoms with Gasteiger partial charge in [0.05, 0.1) is 0 Å². The van der Waals surface area contributed by atoms with E-state index >= 15 is 0 Å². The summed E-state index contributed by atoms with van der Waals surface area (Å²) in [6.07, 6.45) is 2.19. The average Bonchev–Trinajstić information content (AvgIpc) is 2.85. The van der Waals surface area contributed by atoms with Crippen molar-refractivity contribution in [3.05, 3.63) is 95.6 Å². The number of likely N-dealkylation sites (N-methyl/N-ethyl adjacent to an activating group) is 1. The number of phenols is 2. The van der Waals surface area contributed by atoms with Gasteiger partial charge in [-0.3, -0.25) is 0 Å². The molecule has 5 heteroatoms. The van der Waals surface area contributed by atoms with E-state index in [1.165, 1.54) is 24.9 Å². The molecule has 35 heavy (non-hydrogen) atoms. The number of nitrogens with zero attached hydrogens (tertiary/aromatic N) is 1. The number of rotatable bonds is 5. The van der Waals surface area contributed by atoms with Crippen LogP contribution in [0.5, 0.6) is 11.5 Å². The Kier molecular flexibility index (Phi) is 7.66. The molecule has 5 rings (SSSR count). The van der Waals surface area contributed by atoms with Crippen LogP contribution >= 0.6 is 12.4 Å². The first-order valence-corrected chi connectivity index (χ1v) is 11.9. The Morgan fingerprint density at radius 2 is 1.60 bits per heavy atom.